The molecule has 2 rings (SSSR count). The van der Waals surface area contributed by atoms with E-state index in [1.807, 2.05) is 0 Å². The lowest BCUT2D eigenvalue weighted by Crippen LogP contribution is -2.34. The van der Waals surface area contributed by atoms with Gasteiger partial charge in [0.05, 0.1) is 0 Å². The minimum Gasteiger partial charge on any atom is -0.503 e. The van der Waals surface area contributed by atoms with Gasteiger partial charge in [0.25, 0.3) is 0 Å². The number of phenols is 1. The molecule has 2 nitrogen and oxygen atoms in total. The maximum absolute atomic E-state index is 12.9. The van der Waals surface area contributed by atoms with Gasteiger partial charge in [0.1, 0.15) is 0 Å². The van der Waals surface area contributed by atoms with Gasteiger partial charge in [-0.05, 0) is 30.5 Å². The van der Waals surface area contributed by atoms with Gasteiger partial charge in [-0.2, -0.15) is 0 Å². The first-order valence-corrected chi connectivity index (χ1v) is 5.07. The van der Waals surface area contributed by atoms with Crippen molar-refractivity contribution in [1.29, 1.82) is 0 Å². The second kappa shape index (κ2) is 4.14. The Morgan fingerprint density at radius 3 is 2.33 bits per heavy atom. The van der Waals surface area contributed by atoms with Crippen molar-refractivity contribution < 1.29 is 13.9 Å². The molecule has 1 aromatic rings. The second-order valence-corrected chi connectivity index (χ2v) is 3.92. The van der Waals surface area contributed by atoms with Crippen LogP contribution in [0, 0.1) is 11.6 Å². The molecule has 0 atom stereocenters. The number of phenolic OH excluding ortho intramolecular Hbond substituents is 1. The molecule has 1 aliphatic carbocycles. The Bertz CT molecular complexity index is 341. The third-order valence-corrected chi connectivity index (χ3v) is 2.78. The molecule has 0 radical (unpaired) electrons. The molecule has 1 aromatic carbocycles. The van der Waals surface area contributed by atoms with Gasteiger partial charge >= 0.3 is 0 Å². The fourth-order valence-electron chi connectivity index (χ4n) is 1.59. The molecule has 0 heterocycles. The van der Waals surface area contributed by atoms with Crippen molar-refractivity contribution in [3.05, 3.63) is 29.3 Å². The molecule has 2 N–H and O–H groups in total. The maximum Gasteiger partial charge on any atom is 0.187 e. The molecule has 0 spiro atoms. The molecule has 1 saturated carbocycles. The summed E-state index contributed by atoms with van der Waals surface area (Å²) >= 11 is 0. The lowest BCUT2D eigenvalue weighted by Gasteiger charge is -2.26. The Morgan fingerprint density at radius 2 is 1.87 bits per heavy atom. The van der Waals surface area contributed by atoms with Crippen LogP contribution in [0.5, 0.6) is 5.75 Å². The van der Waals surface area contributed by atoms with Crippen LogP contribution in [0.15, 0.2) is 12.1 Å². The van der Waals surface area contributed by atoms with Gasteiger partial charge in [-0.15, -0.1) is 0 Å². The summed E-state index contributed by atoms with van der Waals surface area (Å²) in [6.07, 6.45) is 3.47. The zero-order chi connectivity index (χ0) is 10.8. The summed E-state index contributed by atoms with van der Waals surface area (Å²) in [6.45, 7) is 0.443. The van der Waals surface area contributed by atoms with Gasteiger partial charge in [-0.1, -0.05) is 6.42 Å². The van der Waals surface area contributed by atoms with Crippen molar-refractivity contribution in [2.75, 3.05) is 0 Å². The van der Waals surface area contributed by atoms with Crippen LogP contribution < -0.4 is 5.32 Å². The van der Waals surface area contributed by atoms with E-state index in [1.165, 1.54) is 6.42 Å². The summed E-state index contributed by atoms with van der Waals surface area (Å²) in [6, 6.07) is 2.79. The number of hydrogen-bond acceptors (Lipinski definition) is 2. The van der Waals surface area contributed by atoms with Gasteiger partial charge in [0.2, 0.25) is 0 Å². The van der Waals surface area contributed by atoms with Crippen molar-refractivity contribution in [2.45, 2.75) is 31.8 Å². The first kappa shape index (κ1) is 10.4. The number of hydrogen-bond donors (Lipinski definition) is 2. The molecular weight excluding hydrogens is 200 g/mol. The Hall–Kier alpha value is -1.16. The van der Waals surface area contributed by atoms with Crippen LogP contribution in [0.2, 0.25) is 0 Å². The average molecular weight is 213 g/mol. The predicted molar refractivity (Wildman–Crippen MR) is 52.5 cm³/mol. The fraction of sp³-hybridized carbons (Fsp3) is 0.455. The van der Waals surface area contributed by atoms with E-state index in [0.717, 1.165) is 25.0 Å². The molecule has 1 aliphatic rings. The zero-order valence-corrected chi connectivity index (χ0v) is 8.26. The van der Waals surface area contributed by atoms with Crippen molar-refractivity contribution >= 4 is 0 Å². The van der Waals surface area contributed by atoms with Gasteiger partial charge in [0.15, 0.2) is 17.4 Å². The van der Waals surface area contributed by atoms with E-state index >= 15 is 0 Å². The third kappa shape index (κ3) is 2.26. The van der Waals surface area contributed by atoms with Crippen LogP contribution in [-0.2, 0) is 6.54 Å². The number of benzene rings is 1. The van der Waals surface area contributed by atoms with Crippen LogP contribution in [-0.4, -0.2) is 11.1 Å². The molecule has 0 aliphatic heterocycles. The normalized spacial score (nSPS) is 16.4. The Labute approximate surface area is 86.9 Å². The molecule has 0 aromatic heterocycles. The largest absolute Gasteiger partial charge is 0.503 e. The third-order valence-electron chi connectivity index (χ3n) is 2.78. The van der Waals surface area contributed by atoms with Crippen molar-refractivity contribution in [2.24, 2.45) is 0 Å². The first-order valence-electron chi connectivity index (χ1n) is 5.07. The highest BCUT2D eigenvalue weighted by molar-refractivity contribution is 5.29. The maximum atomic E-state index is 12.9. The number of aromatic hydroxyl groups is 1. The van der Waals surface area contributed by atoms with E-state index in [9.17, 15) is 8.78 Å². The van der Waals surface area contributed by atoms with Crippen LogP contribution in [0.1, 0.15) is 24.8 Å². The molecule has 0 saturated heterocycles. The van der Waals surface area contributed by atoms with Crippen molar-refractivity contribution in [1.82, 2.24) is 5.32 Å². The van der Waals surface area contributed by atoms with Crippen molar-refractivity contribution in [3.8, 4) is 5.75 Å². The minimum atomic E-state index is -0.902. The monoisotopic (exact) mass is 213 g/mol. The lowest BCUT2D eigenvalue weighted by atomic mass is 9.93. The summed E-state index contributed by atoms with van der Waals surface area (Å²) in [5, 5.41) is 12.1. The summed E-state index contributed by atoms with van der Waals surface area (Å²) in [5.74, 6) is -2.71. The topological polar surface area (TPSA) is 32.3 Å². The smallest absolute Gasteiger partial charge is 0.187 e. The van der Waals surface area contributed by atoms with E-state index in [4.69, 9.17) is 5.11 Å². The zero-order valence-electron chi connectivity index (χ0n) is 8.26. The van der Waals surface area contributed by atoms with Gasteiger partial charge < -0.3 is 10.4 Å². The Morgan fingerprint density at radius 1 is 1.27 bits per heavy atom. The minimum absolute atomic E-state index is 0.443. The standard InChI is InChI=1S/C11H13F2NO/c12-9-4-7(5-10(13)11(9)15)6-14-8-2-1-3-8/h4-5,8,14-15H,1-3,6H2. The molecule has 0 amide bonds. The Balaban J connectivity index is 2.01. The van der Waals surface area contributed by atoms with E-state index < -0.39 is 17.4 Å². The molecule has 0 bridgehead atoms. The summed E-state index contributed by atoms with van der Waals surface area (Å²) < 4.78 is 25.9. The fourth-order valence-corrected chi connectivity index (χ4v) is 1.59. The molecule has 0 unspecified atom stereocenters. The number of nitrogens with one attached hydrogen (secondary N) is 1. The molecule has 1 fully saturated rings. The summed E-state index contributed by atoms with van der Waals surface area (Å²) in [4.78, 5) is 0. The SMILES string of the molecule is Oc1c(F)cc(CNC2CCC2)cc1F. The van der Waals surface area contributed by atoms with E-state index in [-0.39, 0.29) is 0 Å². The quantitative estimate of drug-likeness (QED) is 0.807. The van der Waals surface area contributed by atoms with E-state index in [0.29, 0.717) is 18.2 Å². The summed E-state index contributed by atoms with van der Waals surface area (Å²) in [7, 11) is 0. The van der Waals surface area contributed by atoms with Crippen LogP contribution in [0.3, 0.4) is 0 Å². The lowest BCUT2D eigenvalue weighted by molar-refractivity contribution is 0.337. The van der Waals surface area contributed by atoms with Gasteiger partial charge in [-0.25, -0.2) is 8.78 Å². The highest BCUT2D eigenvalue weighted by Gasteiger charge is 2.17. The molecule has 4 heteroatoms. The average Bonchev–Trinajstić information content (AvgIpc) is 2.11. The van der Waals surface area contributed by atoms with E-state index in [2.05, 4.69) is 5.32 Å². The highest BCUT2D eigenvalue weighted by Crippen LogP contribution is 2.22. The summed E-state index contributed by atoms with van der Waals surface area (Å²) in [5.41, 5.74) is 0.523. The van der Waals surface area contributed by atoms with Crippen LogP contribution in [0.4, 0.5) is 8.78 Å². The first-order chi connectivity index (χ1) is 7.16. The van der Waals surface area contributed by atoms with Crippen molar-refractivity contribution in [3.63, 3.8) is 0 Å². The number of halogens is 2. The van der Waals surface area contributed by atoms with E-state index in [1.54, 1.807) is 0 Å². The highest BCUT2D eigenvalue weighted by atomic mass is 19.1. The Kier molecular flexibility index (Phi) is 2.86. The number of rotatable bonds is 3. The predicted octanol–water partition coefficient (Wildman–Crippen LogP) is 2.31. The molecule has 15 heavy (non-hydrogen) atoms. The molecular formula is C11H13F2NO. The van der Waals surface area contributed by atoms with Gasteiger partial charge in [0, 0.05) is 12.6 Å². The van der Waals surface area contributed by atoms with Gasteiger partial charge in [-0.3, -0.25) is 0 Å². The molecule has 82 valence electrons. The van der Waals surface area contributed by atoms with Crippen LogP contribution in [0.25, 0.3) is 0 Å². The van der Waals surface area contributed by atoms with Crippen LogP contribution >= 0.6 is 0 Å². The second-order valence-electron chi connectivity index (χ2n) is 3.92.